The molecule has 0 radical (unpaired) electrons. The van der Waals surface area contributed by atoms with E-state index in [4.69, 9.17) is 5.73 Å². The van der Waals surface area contributed by atoms with Crippen LogP contribution in [0.4, 0.5) is 0 Å². The van der Waals surface area contributed by atoms with Gasteiger partial charge in [0, 0.05) is 25.7 Å². The van der Waals surface area contributed by atoms with Gasteiger partial charge in [0.2, 0.25) is 0 Å². The van der Waals surface area contributed by atoms with E-state index in [9.17, 15) is 9.59 Å². The number of aromatic nitrogens is 4. The highest BCUT2D eigenvalue weighted by molar-refractivity contribution is 5.71. The van der Waals surface area contributed by atoms with Crippen molar-refractivity contribution >= 4 is 11.2 Å². The second-order valence-electron chi connectivity index (χ2n) is 6.12. The molecule has 22 heavy (non-hydrogen) atoms. The first-order chi connectivity index (χ1) is 10.3. The molecule has 7 nitrogen and oxygen atoms in total. The Morgan fingerprint density at radius 1 is 1.18 bits per heavy atom. The smallest absolute Gasteiger partial charge is 0.328 e. The fourth-order valence-electron chi connectivity index (χ4n) is 2.82. The van der Waals surface area contributed by atoms with E-state index < -0.39 is 0 Å². The van der Waals surface area contributed by atoms with E-state index in [1.165, 1.54) is 4.57 Å². The maximum Gasteiger partial charge on any atom is 0.332 e. The topological polar surface area (TPSA) is 87.8 Å². The van der Waals surface area contributed by atoms with Crippen LogP contribution in [-0.4, -0.2) is 25.2 Å². The number of nitrogens with two attached hydrogens (primary N) is 1. The number of hydrogen-bond donors (Lipinski definition) is 1. The van der Waals surface area contributed by atoms with Crippen LogP contribution in [0.5, 0.6) is 0 Å². The van der Waals surface area contributed by atoms with Crippen LogP contribution >= 0.6 is 0 Å². The summed E-state index contributed by atoms with van der Waals surface area (Å²) in [5.41, 5.74) is 6.12. The van der Waals surface area contributed by atoms with E-state index in [-0.39, 0.29) is 23.2 Å². The first-order valence-corrected chi connectivity index (χ1v) is 7.75. The zero-order valence-corrected chi connectivity index (χ0v) is 14.0. The van der Waals surface area contributed by atoms with Crippen molar-refractivity contribution in [2.75, 3.05) is 6.54 Å². The van der Waals surface area contributed by atoms with Crippen molar-refractivity contribution in [3.63, 3.8) is 0 Å². The first kappa shape index (κ1) is 16.5. The number of nitrogens with zero attached hydrogens (tertiary/aromatic N) is 4. The maximum absolute atomic E-state index is 12.7. The number of fused-ring (bicyclic) bond motifs is 1. The molecule has 2 aromatic rings. The minimum Gasteiger partial charge on any atom is -0.328 e. The molecule has 2 rings (SSSR count). The summed E-state index contributed by atoms with van der Waals surface area (Å²) in [6.07, 6.45) is 0. The van der Waals surface area contributed by atoms with Gasteiger partial charge in [-0.3, -0.25) is 13.9 Å². The minimum absolute atomic E-state index is 0.0481. The van der Waals surface area contributed by atoms with E-state index in [0.717, 1.165) is 0 Å². The lowest BCUT2D eigenvalue weighted by Gasteiger charge is -2.16. The van der Waals surface area contributed by atoms with Gasteiger partial charge in [0.1, 0.15) is 5.82 Å². The third-order valence-corrected chi connectivity index (χ3v) is 3.88. The third-order valence-electron chi connectivity index (χ3n) is 3.88. The van der Waals surface area contributed by atoms with Crippen molar-refractivity contribution in [3.8, 4) is 0 Å². The van der Waals surface area contributed by atoms with Gasteiger partial charge in [-0.2, -0.15) is 0 Å². The van der Waals surface area contributed by atoms with E-state index in [1.807, 2.05) is 32.3 Å². The number of imidazole rings is 1. The van der Waals surface area contributed by atoms with Gasteiger partial charge in [0.15, 0.2) is 11.2 Å². The lowest BCUT2D eigenvalue weighted by atomic mass is 10.2. The largest absolute Gasteiger partial charge is 0.332 e. The number of aryl methyl sites for hydroxylation is 1. The highest BCUT2D eigenvalue weighted by Gasteiger charge is 2.21. The Bertz CT molecular complexity index is 797. The summed E-state index contributed by atoms with van der Waals surface area (Å²) < 4.78 is 4.73. The second-order valence-corrected chi connectivity index (χ2v) is 6.12. The van der Waals surface area contributed by atoms with Crippen molar-refractivity contribution in [3.05, 3.63) is 26.7 Å². The van der Waals surface area contributed by atoms with Crippen LogP contribution in [-0.2, 0) is 13.1 Å². The summed E-state index contributed by atoms with van der Waals surface area (Å²) in [5, 5.41) is 0. The van der Waals surface area contributed by atoms with E-state index in [1.54, 1.807) is 11.5 Å². The van der Waals surface area contributed by atoms with Crippen molar-refractivity contribution in [1.29, 1.82) is 0 Å². The van der Waals surface area contributed by atoms with E-state index in [2.05, 4.69) is 4.98 Å². The summed E-state index contributed by atoms with van der Waals surface area (Å²) >= 11 is 0. The molecule has 1 atom stereocenters. The molecule has 2 heterocycles. The van der Waals surface area contributed by atoms with Gasteiger partial charge in [0.25, 0.3) is 5.56 Å². The summed E-state index contributed by atoms with van der Waals surface area (Å²) in [6.45, 7) is 10.9. The van der Waals surface area contributed by atoms with Gasteiger partial charge < -0.3 is 10.3 Å². The van der Waals surface area contributed by atoms with Gasteiger partial charge in [-0.25, -0.2) is 9.78 Å². The zero-order valence-electron chi connectivity index (χ0n) is 14.0. The Labute approximate surface area is 129 Å². The highest BCUT2D eigenvalue weighted by atomic mass is 16.2. The van der Waals surface area contributed by atoms with E-state index in [0.29, 0.717) is 36.6 Å². The Hall–Kier alpha value is -1.89. The van der Waals surface area contributed by atoms with Crippen molar-refractivity contribution in [2.24, 2.45) is 11.7 Å². The van der Waals surface area contributed by atoms with Crippen LogP contribution in [0.15, 0.2) is 9.59 Å². The van der Waals surface area contributed by atoms with Gasteiger partial charge in [-0.05, 0) is 26.7 Å². The molecule has 7 heteroatoms. The van der Waals surface area contributed by atoms with Gasteiger partial charge >= 0.3 is 5.69 Å². The maximum atomic E-state index is 12.7. The molecular weight excluding hydrogens is 282 g/mol. The molecule has 0 bridgehead atoms. The van der Waals surface area contributed by atoms with Crippen molar-refractivity contribution < 1.29 is 0 Å². The fourth-order valence-corrected chi connectivity index (χ4v) is 2.82. The summed E-state index contributed by atoms with van der Waals surface area (Å²) in [7, 11) is 0. The monoisotopic (exact) mass is 307 g/mol. The molecular formula is C15H25N5O2. The molecule has 2 N–H and O–H groups in total. The third kappa shape index (κ3) is 2.49. The van der Waals surface area contributed by atoms with E-state index >= 15 is 0 Å². The summed E-state index contributed by atoms with van der Waals surface area (Å²) in [5.74, 6) is 0.983. The predicted molar refractivity (Wildman–Crippen MR) is 87.3 cm³/mol. The van der Waals surface area contributed by atoms with Crippen LogP contribution < -0.4 is 17.0 Å². The molecule has 122 valence electrons. The average Bonchev–Trinajstić information content (AvgIpc) is 2.80. The van der Waals surface area contributed by atoms with Crippen molar-refractivity contribution in [2.45, 2.75) is 53.8 Å². The fraction of sp³-hybridized carbons (Fsp3) is 0.667. The highest BCUT2D eigenvalue weighted by Crippen LogP contribution is 2.17. The minimum atomic E-state index is -0.293. The van der Waals surface area contributed by atoms with Gasteiger partial charge in [0.05, 0.1) is 0 Å². The molecule has 1 unspecified atom stereocenters. The normalized spacial score (nSPS) is 13.2. The first-order valence-electron chi connectivity index (χ1n) is 7.75. The van der Waals surface area contributed by atoms with Crippen LogP contribution in [0, 0.1) is 12.8 Å². The Balaban J connectivity index is 2.97. The molecule has 0 saturated carbocycles. The molecule has 2 aromatic heterocycles. The predicted octanol–water partition coefficient (Wildman–Crippen LogP) is 0.864. The summed E-state index contributed by atoms with van der Waals surface area (Å²) in [6, 6.07) is -0.0481. The van der Waals surface area contributed by atoms with Crippen LogP contribution in [0.2, 0.25) is 0 Å². The molecule has 0 aromatic carbocycles. The molecule has 0 aliphatic heterocycles. The number of hydrogen-bond acceptors (Lipinski definition) is 4. The quantitative estimate of drug-likeness (QED) is 0.887. The standard InChI is InChI=1S/C15H25N5O2/c1-6-18-14(21)12-13(19(15(18)22)8-9(2)3)17-11(5)20(12)10(4)7-16/h9-10H,6-8,16H2,1-5H3. The van der Waals surface area contributed by atoms with Crippen LogP contribution in [0.25, 0.3) is 11.2 Å². The van der Waals surface area contributed by atoms with Crippen molar-refractivity contribution in [1.82, 2.24) is 18.7 Å². The Kier molecular flexibility index (Phi) is 4.55. The molecule has 0 aliphatic carbocycles. The van der Waals surface area contributed by atoms with Gasteiger partial charge in [-0.15, -0.1) is 0 Å². The second kappa shape index (κ2) is 6.08. The number of rotatable bonds is 5. The molecule has 0 aliphatic rings. The average molecular weight is 307 g/mol. The molecule has 0 amide bonds. The lowest BCUT2D eigenvalue weighted by molar-refractivity contribution is 0.490. The zero-order chi connectivity index (χ0) is 16.6. The SMILES string of the molecule is CCn1c(=O)c2c(nc(C)n2C(C)CN)n(CC(C)C)c1=O. The molecule has 0 fully saturated rings. The Morgan fingerprint density at radius 2 is 1.82 bits per heavy atom. The van der Waals surface area contributed by atoms with Gasteiger partial charge in [-0.1, -0.05) is 13.8 Å². The summed E-state index contributed by atoms with van der Waals surface area (Å²) in [4.78, 5) is 29.8. The molecule has 0 spiro atoms. The Morgan fingerprint density at radius 3 is 2.32 bits per heavy atom. The molecule has 0 saturated heterocycles. The van der Waals surface area contributed by atoms with Crippen LogP contribution in [0.1, 0.15) is 39.6 Å². The lowest BCUT2D eigenvalue weighted by Crippen LogP contribution is -2.41. The van der Waals surface area contributed by atoms with Crippen LogP contribution in [0.3, 0.4) is 0 Å².